The van der Waals surface area contributed by atoms with Crippen LogP contribution in [0.1, 0.15) is 27.7 Å². The van der Waals surface area contributed by atoms with Crippen molar-refractivity contribution in [2.75, 3.05) is 25.5 Å². The van der Waals surface area contributed by atoms with Gasteiger partial charge in [-0.3, -0.25) is 14.2 Å². The Morgan fingerprint density at radius 2 is 1.50 bits per heavy atom. The number of nitrogens with two attached hydrogens (primary N) is 1. The molecule has 0 saturated carbocycles. The minimum absolute atomic E-state index is 0.234. The van der Waals surface area contributed by atoms with Gasteiger partial charge in [-0.2, -0.15) is 0 Å². The number of hydrogen-bond donors (Lipinski definition) is 3. The molecule has 0 saturated heterocycles. The van der Waals surface area contributed by atoms with Gasteiger partial charge in [0.15, 0.2) is 0 Å². The highest BCUT2D eigenvalue weighted by Gasteiger charge is 2.31. The van der Waals surface area contributed by atoms with E-state index in [1.54, 1.807) is 27.7 Å². The van der Waals surface area contributed by atoms with Crippen LogP contribution >= 0.6 is 18.0 Å². The van der Waals surface area contributed by atoms with Crippen molar-refractivity contribution in [2.45, 2.75) is 39.8 Å². The lowest BCUT2D eigenvalue weighted by molar-refractivity contribution is -0.145. The van der Waals surface area contributed by atoms with Crippen LogP contribution in [-0.4, -0.2) is 49.5 Å². The number of hydrogen-bond acceptors (Lipinski definition) is 7. The molecular formula is C12H26N3O5PS. The number of carbonyl (C=O) groups excluding carboxylic acids is 2. The third-order valence-corrected chi connectivity index (χ3v) is 6.91. The second kappa shape index (κ2) is 11.0. The molecule has 0 aromatic rings. The van der Waals surface area contributed by atoms with Crippen LogP contribution in [0, 0.1) is 0 Å². The van der Waals surface area contributed by atoms with E-state index in [2.05, 4.69) is 10.2 Å². The van der Waals surface area contributed by atoms with Crippen LogP contribution in [0.2, 0.25) is 0 Å². The fourth-order valence-electron chi connectivity index (χ4n) is 1.44. The fourth-order valence-corrected chi connectivity index (χ4v) is 5.74. The first-order valence-corrected chi connectivity index (χ1v) is 10.4. The molecule has 130 valence electrons. The highest BCUT2D eigenvalue weighted by molar-refractivity contribution is 8.56. The Labute approximate surface area is 135 Å². The third-order valence-electron chi connectivity index (χ3n) is 2.40. The molecule has 0 aromatic carbocycles. The molecule has 0 unspecified atom stereocenters. The summed E-state index contributed by atoms with van der Waals surface area (Å²) in [5, 5.41) is 5.42. The standard InChI is InChI=1S/C12H26N3O5PS/c1-5-19-11(16)9(3)14-21(18,22-8-7-13)15-10(4)12(17)20-6-2/h9-10H,5-8,13H2,1-4H3,(H2,14,15,18)/t9-,10-/m0/s1. The SMILES string of the molecule is CCOC(=O)[C@H](C)NP(=O)(N[C@@H](C)C(=O)OCC)SCCN. The Hall–Kier alpha value is -0.600. The average Bonchev–Trinajstić information content (AvgIpc) is 2.45. The second-order valence-electron chi connectivity index (χ2n) is 4.38. The molecule has 2 atom stereocenters. The summed E-state index contributed by atoms with van der Waals surface area (Å²) in [5.41, 5.74) is 5.43. The van der Waals surface area contributed by atoms with Crippen molar-refractivity contribution in [3.05, 3.63) is 0 Å². The highest BCUT2D eigenvalue weighted by Crippen LogP contribution is 2.51. The van der Waals surface area contributed by atoms with E-state index in [0.717, 1.165) is 11.4 Å². The van der Waals surface area contributed by atoms with Crippen molar-refractivity contribution in [1.29, 1.82) is 0 Å². The molecule has 4 N–H and O–H groups in total. The van der Waals surface area contributed by atoms with Crippen LogP contribution in [0.5, 0.6) is 0 Å². The van der Waals surface area contributed by atoms with Gasteiger partial charge in [0.2, 0.25) is 0 Å². The maximum absolute atomic E-state index is 12.9. The average molecular weight is 355 g/mol. The molecule has 22 heavy (non-hydrogen) atoms. The van der Waals surface area contributed by atoms with Gasteiger partial charge >= 0.3 is 11.9 Å². The largest absolute Gasteiger partial charge is 0.465 e. The molecule has 0 heterocycles. The smallest absolute Gasteiger partial charge is 0.323 e. The van der Waals surface area contributed by atoms with E-state index in [1.165, 1.54) is 0 Å². The zero-order valence-corrected chi connectivity index (χ0v) is 15.2. The lowest BCUT2D eigenvalue weighted by Gasteiger charge is -2.25. The lowest BCUT2D eigenvalue weighted by atomic mass is 10.4. The monoisotopic (exact) mass is 355 g/mol. The molecular weight excluding hydrogens is 329 g/mol. The van der Waals surface area contributed by atoms with Gasteiger partial charge in [-0.1, -0.05) is 11.4 Å². The van der Waals surface area contributed by atoms with Crippen molar-refractivity contribution < 1.29 is 23.6 Å². The summed E-state index contributed by atoms with van der Waals surface area (Å²) in [6, 6.07) is -1.56. The first-order chi connectivity index (χ1) is 10.3. The molecule has 0 aliphatic rings. The van der Waals surface area contributed by atoms with Crippen LogP contribution in [0.3, 0.4) is 0 Å². The molecule has 0 aliphatic carbocycles. The Balaban J connectivity index is 4.87. The van der Waals surface area contributed by atoms with Crippen LogP contribution in [0.15, 0.2) is 0 Å². The zero-order valence-electron chi connectivity index (χ0n) is 13.5. The number of nitrogens with one attached hydrogen (secondary N) is 2. The van der Waals surface area contributed by atoms with E-state index in [1.807, 2.05) is 0 Å². The molecule has 0 amide bonds. The van der Waals surface area contributed by atoms with Gasteiger partial charge in [0.05, 0.1) is 13.2 Å². The molecule has 0 aliphatic heterocycles. The van der Waals surface area contributed by atoms with Crippen LogP contribution in [0.25, 0.3) is 0 Å². The predicted octanol–water partition coefficient (Wildman–Crippen LogP) is 0.869. The zero-order chi connectivity index (χ0) is 17.2. The molecule has 0 spiro atoms. The Bertz CT molecular complexity index is 380. The summed E-state index contributed by atoms with van der Waals surface area (Å²) in [6.07, 6.45) is 0. The predicted molar refractivity (Wildman–Crippen MR) is 87.6 cm³/mol. The van der Waals surface area contributed by atoms with Gasteiger partial charge < -0.3 is 15.2 Å². The van der Waals surface area contributed by atoms with Gasteiger partial charge in [-0.05, 0) is 27.7 Å². The highest BCUT2D eigenvalue weighted by atomic mass is 32.7. The molecule has 8 nitrogen and oxygen atoms in total. The van der Waals surface area contributed by atoms with E-state index in [-0.39, 0.29) is 13.2 Å². The van der Waals surface area contributed by atoms with Gasteiger partial charge in [0.1, 0.15) is 12.1 Å². The lowest BCUT2D eigenvalue weighted by Crippen LogP contribution is -2.41. The maximum atomic E-state index is 12.9. The van der Waals surface area contributed by atoms with E-state index in [9.17, 15) is 14.2 Å². The van der Waals surface area contributed by atoms with E-state index < -0.39 is 30.7 Å². The van der Waals surface area contributed by atoms with Gasteiger partial charge in [0.25, 0.3) is 6.65 Å². The second-order valence-corrected chi connectivity index (χ2v) is 8.98. The van der Waals surface area contributed by atoms with Crippen LogP contribution < -0.4 is 15.9 Å². The topological polar surface area (TPSA) is 120 Å². The van der Waals surface area contributed by atoms with Gasteiger partial charge in [-0.25, -0.2) is 10.2 Å². The fraction of sp³-hybridized carbons (Fsp3) is 0.833. The van der Waals surface area contributed by atoms with Crippen molar-refractivity contribution in [1.82, 2.24) is 10.2 Å². The Morgan fingerprint density at radius 3 is 1.82 bits per heavy atom. The van der Waals surface area contributed by atoms with Crippen molar-refractivity contribution in [3.8, 4) is 0 Å². The summed E-state index contributed by atoms with van der Waals surface area (Å²) in [7, 11) is 0. The summed E-state index contributed by atoms with van der Waals surface area (Å²) < 4.78 is 22.6. The summed E-state index contributed by atoms with van der Waals surface area (Å²) >= 11 is 1.04. The van der Waals surface area contributed by atoms with Crippen LogP contribution in [-0.2, 0) is 23.6 Å². The Morgan fingerprint density at radius 1 is 1.09 bits per heavy atom. The van der Waals surface area contributed by atoms with Crippen molar-refractivity contribution in [3.63, 3.8) is 0 Å². The van der Waals surface area contributed by atoms with Crippen molar-refractivity contribution in [2.24, 2.45) is 5.73 Å². The summed E-state index contributed by atoms with van der Waals surface area (Å²) in [5.74, 6) is -0.620. The number of rotatable bonds is 11. The van der Waals surface area contributed by atoms with E-state index in [0.29, 0.717) is 12.3 Å². The van der Waals surface area contributed by atoms with Crippen LogP contribution in [0.4, 0.5) is 0 Å². The summed E-state index contributed by atoms with van der Waals surface area (Å²) in [4.78, 5) is 23.3. The quantitative estimate of drug-likeness (QED) is 0.366. The molecule has 0 fully saturated rings. The van der Waals surface area contributed by atoms with Gasteiger partial charge in [0, 0.05) is 12.3 Å². The summed E-state index contributed by atoms with van der Waals surface area (Å²) in [6.45, 7) is 3.99. The number of esters is 2. The van der Waals surface area contributed by atoms with Crippen molar-refractivity contribution >= 4 is 30.0 Å². The molecule has 0 bridgehead atoms. The molecule has 0 aromatic heterocycles. The maximum Gasteiger partial charge on any atom is 0.323 e. The number of carbonyl (C=O) groups is 2. The normalized spacial score (nSPS) is 14.2. The first-order valence-electron chi connectivity index (χ1n) is 7.13. The van der Waals surface area contributed by atoms with Gasteiger partial charge in [-0.15, -0.1) is 0 Å². The first kappa shape index (κ1) is 21.4. The number of ether oxygens (including phenoxy) is 2. The van der Waals surface area contributed by atoms with E-state index in [4.69, 9.17) is 15.2 Å². The third kappa shape index (κ3) is 8.14. The molecule has 0 rings (SSSR count). The minimum Gasteiger partial charge on any atom is -0.465 e. The van der Waals surface area contributed by atoms with E-state index >= 15 is 0 Å². The minimum atomic E-state index is -3.27. The Kier molecular flexibility index (Phi) is 10.7. The molecule has 0 radical (unpaired) electrons. The molecule has 10 heteroatoms.